The number of methoxy groups -OCH3 is 1. The van der Waals surface area contributed by atoms with Gasteiger partial charge in [0.1, 0.15) is 5.75 Å². The van der Waals surface area contributed by atoms with E-state index in [1.807, 2.05) is 24.3 Å². The molecule has 0 atom stereocenters. The first-order chi connectivity index (χ1) is 8.31. The maximum atomic E-state index is 11.9. The van der Waals surface area contributed by atoms with Gasteiger partial charge < -0.3 is 9.72 Å². The summed E-state index contributed by atoms with van der Waals surface area (Å²) in [6.07, 6.45) is 1.40. The molecule has 0 saturated carbocycles. The van der Waals surface area contributed by atoms with E-state index in [0.717, 1.165) is 16.5 Å². The first-order valence-corrected chi connectivity index (χ1v) is 5.24. The van der Waals surface area contributed by atoms with Gasteiger partial charge in [0, 0.05) is 16.8 Å². The van der Waals surface area contributed by atoms with Crippen molar-refractivity contribution < 1.29 is 4.74 Å². The SMILES string of the molecule is COc1cc2nc[nH]c(=O)c2c2ccccc12. The van der Waals surface area contributed by atoms with Crippen molar-refractivity contribution in [1.82, 2.24) is 9.97 Å². The van der Waals surface area contributed by atoms with Crippen molar-refractivity contribution in [3.05, 3.63) is 47.0 Å². The molecule has 4 heteroatoms. The van der Waals surface area contributed by atoms with E-state index < -0.39 is 0 Å². The second kappa shape index (κ2) is 3.59. The van der Waals surface area contributed by atoms with Crippen molar-refractivity contribution in [2.75, 3.05) is 7.11 Å². The predicted molar refractivity (Wildman–Crippen MR) is 66.4 cm³/mol. The molecule has 0 bridgehead atoms. The van der Waals surface area contributed by atoms with Gasteiger partial charge in [-0.2, -0.15) is 0 Å². The Kier molecular flexibility index (Phi) is 2.08. The number of aromatic amines is 1. The molecule has 84 valence electrons. The summed E-state index contributed by atoms with van der Waals surface area (Å²) in [6, 6.07) is 9.43. The minimum atomic E-state index is -0.131. The Morgan fingerprint density at radius 1 is 1.24 bits per heavy atom. The number of rotatable bonds is 1. The Balaban J connectivity index is 2.65. The molecule has 0 fully saturated rings. The molecule has 17 heavy (non-hydrogen) atoms. The number of fused-ring (bicyclic) bond motifs is 3. The molecule has 3 aromatic rings. The molecule has 3 rings (SSSR count). The van der Waals surface area contributed by atoms with Gasteiger partial charge >= 0.3 is 0 Å². The quantitative estimate of drug-likeness (QED) is 0.646. The summed E-state index contributed by atoms with van der Waals surface area (Å²) in [5.41, 5.74) is 0.512. The third-order valence-corrected chi connectivity index (χ3v) is 2.83. The summed E-state index contributed by atoms with van der Waals surface area (Å²) in [5, 5.41) is 2.38. The molecule has 2 aromatic carbocycles. The van der Waals surface area contributed by atoms with Crippen molar-refractivity contribution >= 4 is 21.7 Å². The Morgan fingerprint density at radius 2 is 2.00 bits per heavy atom. The van der Waals surface area contributed by atoms with Crippen molar-refractivity contribution in [3.8, 4) is 5.75 Å². The lowest BCUT2D eigenvalue weighted by Gasteiger charge is -2.07. The summed E-state index contributed by atoms with van der Waals surface area (Å²) < 4.78 is 5.32. The molecule has 0 unspecified atom stereocenters. The van der Waals surface area contributed by atoms with E-state index in [2.05, 4.69) is 9.97 Å². The van der Waals surface area contributed by atoms with Crippen LogP contribution in [0.4, 0.5) is 0 Å². The van der Waals surface area contributed by atoms with Crippen molar-refractivity contribution in [3.63, 3.8) is 0 Å². The van der Waals surface area contributed by atoms with Crippen LogP contribution in [-0.2, 0) is 0 Å². The number of hydrogen-bond donors (Lipinski definition) is 1. The molecule has 1 heterocycles. The zero-order valence-electron chi connectivity index (χ0n) is 9.23. The van der Waals surface area contributed by atoms with Crippen LogP contribution >= 0.6 is 0 Å². The van der Waals surface area contributed by atoms with Crippen LogP contribution in [0.5, 0.6) is 5.75 Å². The molecule has 4 nitrogen and oxygen atoms in total. The topological polar surface area (TPSA) is 55.0 Å². The predicted octanol–water partition coefficient (Wildman–Crippen LogP) is 2.08. The van der Waals surface area contributed by atoms with Gasteiger partial charge in [0.15, 0.2) is 0 Å². The summed E-state index contributed by atoms with van der Waals surface area (Å²) >= 11 is 0. The lowest BCUT2D eigenvalue weighted by molar-refractivity contribution is 0.420. The Labute approximate surface area is 96.9 Å². The fourth-order valence-corrected chi connectivity index (χ4v) is 2.07. The van der Waals surface area contributed by atoms with Crippen LogP contribution in [0.25, 0.3) is 21.7 Å². The van der Waals surface area contributed by atoms with Gasteiger partial charge in [-0.1, -0.05) is 24.3 Å². The molecule has 0 saturated heterocycles. The number of ether oxygens (including phenoxy) is 1. The molecule has 0 amide bonds. The van der Waals surface area contributed by atoms with Gasteiger partial charge in [-0.25, -0.2) is 4.98 Å². The van der Waals surface area contributed by atoms with Gasteiger partial charge in [0.25, 0.3) is 5.56 Å². The third kappa shape index (κ3) is 1.38. The Bertz CT molecular complexity index is 762. The molecule has 0 aliphatic heterocycles. The molecule has 0 spiro atoms. The van der Waals surface area contributed by atoms with Crippen molar-refractivity contribution in [2.45, 2.75) is 0 Å². The van der Waals surface area contributed by atoms with E-state index in [0.29, 0.717) is 10.9 Å². The van der Waals surface area contributed by atoms with Crippen molar-refractivity contribution in [2.24, 2.45) is 0 Å². The summed E-state index contributed by atoms with van der Waals surface area (Å²) in [5.74, 6) is 0.728. The van der Waals surface area contributed by atoms with Crippen LogP contribution < -0.4 is 10.3 Å². The molecular formula is C13H10N2O2. The van der Waals surface area contributed by atoms with Crippen LogP contribution in [0.1, 0.15) is 0 Å². The maximum Gasteiger partial charge on any atom is 0.259 e. The van der Waals surface area contributed by atoms with Crippen LogP contribution in [0.3, 0.4) is 0 Å². The van der Waals surface area contributed by atoms with E-state index in [1.54, 1.807) is 13.2 Å². The lowest BCUT2D eigenvalue weighted by Crippen LogP contribution is -2.07. The number of aromatic nitrogens is 2. The minimum Gasteiger partial charge on any atom is -0.496 e. The second-order valence-electron chi connectivity index (χ2n) is 3.75. The first-order valence-electron chi connectivity index (χ1n) is 5.24. The van der Waals surface area contributed by atoms with Crippen LogP contribution in [0.15, 0.2) is 41.5 Å². The molecule has 0 aliphatic carbocycles. The standard InChI is InChI=1S/C13H10N2O2/c1-17-11-6-10-12(13(16)15-7-14-10)9-5-3-2-4-8(9)11/h2-7H,1H3,(H,14,15,16). The van der Waals surface area contributed by atoms with Crippen LogP contribution in [0, 0.1) is 0 Å². The highest BCUT2D eigenvalue weighted by Gasteiger charge is 2.09. The van der Waals surface area contributed by atoms with Gasteiger partial charge in [0.2, 0.25) is 0 Å². The van der Waals surface area contributed by atoms with Gasteiger partial charge in [0.05, 0.1) is 24.3 Å². The lowest BCUT2D eigenvalue weighted by atomic mass is 10.1. The normalized spacial score (nSPS) is 10.9. The Hall–Kier alpha value is -2.36. The molecule has 1 aromatic heterocycles. The zero-order valence-corrected chi connectivity index (χ0v) is 9.23. The summed E-state index contributed by atoms with van der Waals surface area (Å²) in [7, 11) is 1.61. The molecule has 0 radical (unpaired) electrons. The summed E-state index contributed by atoms with van der Waals surface area (Å²) in [4.78, 5) is 18.6. The van der Waals surface area contributed by atoms with Gasteiger partial charge in [-0.05, 0) is 0 Å². The fourth-order valence-electron chi connectivity index (χ4n) is 2.07. The average Bonchev–Trinajstić information content (AvgIpc) is 2.37. The first kappa shape index (κ1) is 9.84. The highest BCUT2D eigenvalue weighted by molar-refractivity contribution is 6.08. The summed E-state index contributed by atoms with van der Waals surface area (Å²) in [6.45, 7) is 0. The maximum absolute atomic E-state index is 11.9. The second-order valence-corrected chi connectivity index (χ2v) is 3.75. The van der Waals surface area contributed by atoms with Crippen molar-refractivity contribution in [1.29, 1.82) is 0 Å². The van der Waals surface area contributed by atoms with E-state index in [9.17, 15) is 4.79 Å². The number of H-pyrrole nitrogens is 1. The van der Waals surface area contributed by atoms with E-state index >= 15 is 0 Å². The molecule has 0 aliphatic rings. The van der Waals surface area contributed by atoms with E-state index in [4.69, 9.17) is 4.74 Å². The highest BCUT2D eigenvalue weighted by Crippen LogP contribution is 2.30. The highest BCUT2D eigenvalue weighted by atomic mass is 16.5. The monoisotopic (exact) mass is 226 g/mol. The molecular weight excluding hydrogens is 216 g/mol. The average molecular weight is 226 g/mol. The molecule has 1 N–H and O–H groups in total. The zero-order chi connectivity index (χ0) is 11.8. The van der Waals surface area contributed by atoms with Gasteiger partial charge in [-0.3, -0.25) is 4.79 Å². The number of hydrogen-bond acceptors (Lipinski definition) is 3. The fraction of sp³-hybridized carbons (Fsp3) is 0.0769. The number of nitrogens with zero attached hydrogens (tertiary/aromatic N) is 1. The smallest absolute Gasteiger partial charge is 0.259 e. The number of benzene rings is 2. The largest absolute Gasteiger partial charge is 0.496 e. The number of nitrogens with one attached hydrogen (secondary N) is 1. The van der Waals surface area contributed by atoms with E-state index in [1.165, 1.54) is 6.33 Å². The van der Waals surface area contributed by atoms with Crippen LogP contribution in [-0.4, -0.2) is 17.1 Å². The van der Waals surface area contributed by atoms with Crippen LogP contribution in [0.2, 0.25) is 0 Å². The van der Waals surface area contributed by atoms with Gasteiger partial charge in [-0.15, -0.1) is 0 Å². The Morgan fingerprint density at radius 3 is 2.76 bits per heavy atom. The third-order valence-electron chi connectivity index (χ3n) is 2.83. The van der Waals surface area contributed by atoms with E-state index in [-0.39, 0.29) is 5.56 Å². The minimum absolute atomic E-state index is 0.131.